The molecule has 0 amide bonds. The summed E-state index contributed by atoms with van der Waals surface area (Å²) in [5, 5.41) is 6.06. The fourth-order valence-electron chi connectivity index (χ4n) is 3.38. The zero-order valence-corrected chi connectivity index (χ0v) is 16.9. The first kappa shape index (κ1) is 16.5. The SMILES string of the molecule is Cc1ccc(N(c2ccc(C)cc2)c2cc3cc4sccc4cc3s2)cc1. The molecular formula is C24H19NS2. The summed E-state index contributed by atoms with van der Waals surface area (Å²) in [6.45, 7) is 4.26. The Morgan fingerprint density at radius 1 is 0.630 bits per heavy atom. The Morgan fingerprint density at radius 2 is 1.22 bits per heavy atom. The lowest BCUT2D eigenvalue weighted by atomic mass is 10.1. The Balaban J connectivity index is 1.70. The number of thiophene rings is 2. The number of aryl methyl sites for hydroxylation is 2. The minimum atomic E-state index is 1.19. The van der Waals surface area contributed by atoms with Crippen molar-refractivity contribution in [2.75, 3.05) is 4.90 Å². The van der Waals surface area contributed by atoms with Gasteiger partial charge in [0.05, 0.1) is 0 Å². The van der Waals surface area contributed by atoms with Crippen molar-refractivity contribution in [1.82, 2.24) is 0 Å². The normalized spacial score (nSPS) is 11.3. The molecule has 5 aromatic rings. The monoisotopic (exact) mass is 385 g/mol. The first-order valence-electron chi connectivity index (χ1n) is 9.02. The second-order valence-electron chi connectivity index (χ2n) is 6.94. The molecule has 0 saturated carbocycles. The van der Waals surface area contributed by atoms with E-state index in [9.17, 15) is 0 Å². The van der Waals surface area contributed by atoms with Crippen molar-refractivity contribution in [2.24, 2.45) is 0 Å². The van der Waals surface area contributed by atoms with Gasteiger partial charge in [-0.2, -0.15) is 0 Å². The highest BCUT2D eigenvalue weighted by molar-refractivity contribution is 7.23. The third-order valence-corrected chi connectivity index (χ3v) is 6.85. The molecule has 0 aliphatic heterocycles. The Labute approximate surface area is 167 Å². The average Bonchev–Trinajstić information content (AvgIpc) is 3.28. The largest absolute Gasteiger partial charge is 0.302 e. The predicted molar refractivity (Wildman–Crippen MR) is 121 cm³/mol. The van der Waals surface area contributed by atoms with Crippen molar-refractivity contribution in [2.45, 2.75) is 13.8 Å². The smallest absolute Gasteiger partial charge is 0.101 e. The van der Waals surface area contributed by atoms with Crippen molar-refractivity contribution in [3.05, 3.63) is 89.3 Å². The summed E-state index contributed by atoms with van der Waals surface area (Å²) in [5.74, 6) is 0. The molecule has 2 aromatic heterocycles. The number of anilines is 3. The maximum absolute atomic E-state index is 2.36. The number of hydrogen-bond acceptors (Lipinski definition) is 3. The Kier molecular flexibility index (Phi) is 4.00. The first-order chi connectivity index (χ1) is 13.2. The van der Waals surface area contributed by atoms with Crippen molar-refractivity contribution >= 4 is 59.2 Å². The Bertz CT molecular complexity index is 1130. The van der Waals surface area contributed by atoms with E-state index in [0.29, 0.717) is 0 Å². The van der Waals surface area contributed by atoms with Crippen molar-refractivity contribution in [3.63, 3.8) is 0 Å². The first-order valence-corrected chi connectivity index (χ1v) is 10.7. The molecular weight excluding hydrogens is 366 g/mol. The molecule has 2 heterocycles. The van der Waals surface area contributed by atoms with E-state index >= 15 is 0 Å². The van der Waals surface area contributed by atoms with E-state index in [1.54, 1.807) is 11.3 Å². The van der Waals surface area contributed by atoms with Crippen LogP contribution in [-0.4, -0.2) is 0 Å². The molecule has 0 radical (unpaired) electrons. The van der Waals surface area contributed by atoms with Crippen LogP contribution >= 0.6 is 22.7 Å². The van der Waals surface area contributed by atoms with Crippen LogP contribution in [0.4, 0.5) is 16.4 Å². The molecule has 5 rings (SSSR count). The third-order valence-electron chi connectivity index (χ3n) is 4.88. The summed E-state index contributed by atoms with van der Waals surface area (Å²) in [6.07, 6.45) is 0. The van der Waals surface area contributed by atoms with Gasteiger partial charge in [-0.15, -0.1) is 22.7 Å². The van der Waals surface area contributed by atoms with E-state index in [4.69, 9.17) is 0 Å². The number of nitrogens with zero attached hydrogens (tertiary/aromatic N) is 1. The molecule has 0 aliphatic rings. The van der Waals surface area contributed by atoms with Gasteiger partial charge in [-0.25, -0.2) is 0 Å². The molecule has 0 fully saturated rings. The molecule has 27 heavy (non-hydrogen) atoms. The minimum Gasteiger partial charge on any atom is -0.302 e. The molecule has 0 saturated heterocycles. The highest BCUT2D eigenvalue weighted by Gasteiger charge is 2.15. The van der Waals surface area contributed by atoms with Crippen LogP contribution in [0.5, 0.6) is 0 Å². The molecule has 0 aliphatic carbocycles. The van der Waals surface area contributed by atoms with E-state index in [2.05, 4.69) is 96.9 Å². The van der Waals surface area contributed by atoms with Gasteiger partial charge in [0.1, 0.15) is 5.00 Å². The number of hydrogen-bond donors (Lipinski definition) is 0. The summed E-state index contributed by atoms with van der Waals surface area (Å²) in [5.41, 5.74) is 4.94. The zero-order valence-electron chi connectivity index (χ0n) is 15.3. The van der Waals surface area contributed by atoms with E-state index < -0.39 is 0 Å². The van der Waals surface area contributed by atoms with Gasteiger partial charge in [-0.1, -0.05) is 35.4 Å². The number of fused-ring (bicyclic) bond motifs is 2. The summed E-state index contributed by atoms with van der Waals surface area (Å²) in [4.78, 5) is 2.36. The number of benzene rings is 3. The van der Waals surface area contributed by atoms with Gasteiger partial charge in [0.25, 0.3) is 0 Å². The van der Waals surface area contributed by atoms with Crippen LogP contribution in [0.15, 0.2) is 78.2 Å². The highest BCUT2D eigenvalue weighted by Crippen LogP contribution is 2.43. The van der Waals surface area contributed by atoms with E-state index in [-0.39, 0.29) is 0 Å². The van der Waals surface area contributed by atoms with Crippen molar-refractivity contribution < 1.29 is 0 Å². The minimum absolute atomic E-state index is 1.19. The Hall–Kier alpha value is -2.62. The predicted octanol–water partition coefficient (Wildman–Crippen LogP) is 8.20. The molecule has 0 spiro atoms. The van der Waals surface area contributed by atoms with Crippen LogP contribution in [0.1, 0.15) is 11.1 Å². The summed E-state index contributed by atoms with van der Waals surface area (Å²) in [7, 11) is 0. The summed E-state index contributed by atoms with van der Waals surface area (Å²) >= 11 is 3.66. The fourth-order valence-corrected chi connectivity index (χ4v) is 5.34. The van der Waals surface area contributed by atoms with Crippen LogP contribution in [0, 0.1) is 13.8 Å². The van der Waals surface area contributed by atoms with Crippen LogP contribution in [0.2, 0.25) is 0 Å². The molecule has 0 bridgehead atoms. The van der Waals surface area contributed by atoms with Gasteiger partial charge >= 0.3 is 0 Å². The topological polar surface area (TPSA) is 3.24 Å². The lowest BCUT2D eigenvalue weighted by molar-refractivity contribution is 1.30. The lowest BCUT2D eigenvalue weighted by Crippen LogP contribution is -2.08. The van der Waals surface area contributed by atoms with Gasteiger partial charge in [0.15, 0.2) is 0 Å². The molecule has 132 valence electrons. The van der Waals surface area contributed by atoms with Gasteiger partial charge in [-0.05, 0) is 78.5 Å². The second kappa shape index (κ2) is 6.52. The zero-order chi connectivity index (χ0) is 18.4. The lowest BCUT2D eigenvalue weighted by Gasteiger charge is -2.23. The Morgan fingerprint density at radius 3 is 1.85 bits per heavy atom. The standard InChI is InChI=1S/C24H19NS2/c1-16-3-7-20(8-4-16)25(21-9-5-17(2)6-10-21)24-15-19-14-22-18(11-12-26-22)13-23(19)27-24/h3-15H,1-2H3. The van der Waals surface area contributed by atoms with Crippen molar-refractivity contribution in [3.8, 4) is 0 Å². The van der Waals surface area contributed by atoms with Crippen LogP contribution in [-0.2, 0) is 0 Å². The van der Waals surface area contributed by atoms with Crippen LogP contribution in [0.25, 0.3) is 20.2 Å². The second-order valence-corrected chi connectivity index (χ2v) is 8.95. The third kappa shape index (κ3) is 3.03. The van der Waals surface area contributed by atoms with Crippen LogP contribution in [0.3, 0.4) is 0 Å². The van der Waals surface area contributed by atoms with E-state index in [0.717, 1.165) is 0 Å². The number of rotatable bonds is 3. The fraction of sp³-hybridized carbons (Fsp3) is 0.0833. The molecule has 3 aromatic carbocycles. The van der Waals surface area contributed by atoms with Gasteiger partial charge < -0.3 is 4.90 Å². The maximum Gasteiger partial charge on any atom is 0.101 e. The van der Waals surface area contributed by atoms with Gasteiger partial charge in [0, 0.05) is 20.8 Å². The summed E-state index contributed by atoms with van der Waals surface area (Å²) in [6, 6.07) is 26.7. The van der Waals surface area contributed by atoms with Crippen molar-refractivity contribution in [1.29, 1.82) is 0 Å². The van der Waals surface area contributed by atoms with E-state index in [1.807, 2.05) is 11.3 Å². The van der Waals surface area contributed by atoms with E-state index in [1.165, 1.54) is 47.7 Å². The molecule has 0 atom stereocenters. The average molecular weight is 386 g/mol. The molecule has 0 unspecified atom stereocenters. The molecule has 3 heteroatoms. The van der Waals surface area contributed by atoms with Gasteiger partial charge in [0.2, 0.25) is 0 Å². The highest BCUT2D eigenvalue weighted by atomic mass is 32.1. The quantitative estimate of drug-likeness (QED) is 0.302. The maximum atomic E-state index is 2.36. The molecule has 0 N–H and O–H groups in total. The van der Waals surface area contributed by atoms with Crippen LogP contribution < -0.4 is 4.90 Å². The molecule has 1 nitrogen and oxygen atoms in total. The van der Waals surface area contributed by atoms with Gasteiger partial charge in [-0.3, -0.25) is 0 Å². The summed E-state index contributed by atoms with van der Waals surface area (Å²) < 4.78 is 2.68.